The van der Waals surface area contributed by atoms with Crippen molar-refractivity contribution in [2.45, 2.75) is 82.6 Å². The molecule has 0 radical (unpaired) electrons. The predicted molar refractivity (Wildman–Crippen MR) is 227 cm³/mol. The van der Waals surface area contributed by atoms with Gasteiger partial charge in [-0.3, -0.25) is 24.0 Å². The minimum atomic E-state index is -2.05. The van der Waals surface area contributed by atoms with Gasteiger partial charge < -0.3 is 80.6 Å². The van der Waals surface area contributed by atoms with Crippen molar-refractivity contribution < 1.29 is 104 Å². The Kier molecular flexibility index (Phi) is 16.6. The lowest BCUT2D eigenvalue weighted by Crippen LogP contribution is -2.54. The molecule has 3 aromatic carbocycles. The lowest BCUT2D eigenvalue weighted by atomic mass is 9.77. The van der Waals surface area contributed by atoms with Crippen LogP contribution in [0.5, 0.6) is 34.5 Å². The number of carbonyl (C=O) groups excluding carboxylic acids is 7. The lowest BCUT2D eigenvalue weighted by Gasteiger charge is -2.41. The van der Waals surface area contributed by atoms with Gasteiger partial charge in [-0.2, -0.15) is 0 Å². The molecule has 23 heteroatoms. The van der Waals surface area contributed by atoms with Crippen molar-refractivity contribution in [3.8, 4) is 34.5 Å². The second kappa shape index (κ2) is 21.7. The number of aromatic hydroxyl groups is 6. The minimum absolute atomic E-state index is 0.208. The molecule has 5 rings (SSSR count). The van der Waals surface area contributed by atoms with E-state index in [9.17, 15) is 84.6 Å². The van der Waals surface area contributed by atoms with Crippen molar-refractivity contribution in [3.63, 3.8) is 0 Å². The van der Waals surface area contributed by atoms with E-state index in [1.165, 1.54) is 12.1 Å². The number of amides is 2. The molecule has 12 N–H and O–H groups in total. The number of hydrogen-bond donors (Lipinski definition) is 12. The first kappa shape index (κ1) is 51.9. The smallest absolute Gasteiger partial charge is 0.332 e. The summed E-state index contributed by atoms with van der Waals surface area (Å²) in [5.74, 6) is -15.8. The number of benzene rings is 3. The third-order valence-corrected chi connectivity index (χ3v) is 11.4. The molecule has 2 fully saturated rings. The summed E-state index contributed by atoms with van der Waals surface area (Å²) in [7, 11) is 0. The summed E-state index contributed by atoms with van der Waals surface area (Å²) in [6, 6.07) is 4.47. The number of phenolic OH excluding ortho intramolecular Hbond substituents is 6. The molecule has 0 bridgehead atoms. The second-order valence-electron chi connectivity index (χ2n) is 17.2. The molecule has 2 aliphatic heterocycles. The molecule has 23 nitrogen and oxygen atoms in total. The third-order valence-electron chi connectivity index (χ3n) is 11.4. The Bertz CT molecular complexity index is 2350. The molecule has 2 heterocycles. The number of cyclic esters (lactones) is 3. The summed E-state index contributed by atoms with van der Waals surface area (Å²) in [6.07, 6.45) is -9.81. The second-order valence-corrected chi connectivity index (χ2v) is 17.2. The number of hydrogen-bond acceptors (Lipinski definition) is 21. The SMILES string of the molecule is CC(C)(C)C(CO)C(=O)CCC1OC(c2cc(O)c(O)c(C(=O)N[C@H]3COC(=O)[C@@H](NC(=O)c4cccc(O)c4O)COC(=O)[C@@H](CC(=O)c4cccc(O)c4O)COC3=O)c2)C(O)C(O)C1O. The van der Waals surface area contributed by atoms with E-state index in [1.54, 1.807) is 20.8 Å². The molecule has 0 spiro atoms. The molecule has 0 saturated carbocycles. The molecule has 2 amide bonds. The van der Waals surface area contributed by atoms with E-state index in [4.69, 9.17) is 18.9 Å². The first-order valence-corrected chi connectivity index (χ1v) is 21.0. The average molecular weight is 957 g/mol. The van der Waals surface area contributed by atoms with Crippen LogP contribution in [0.3, 0.4) is 0 Å². The van der Waals surface area contributed by atoms with Crippen LogP contribution in [-0.2, 0) is 38.1 Å². The van der Waals surface area contributed by atoms with E-state index in [2.05, 4.69) is 10.6 Å². The van der Waals surface area contributed by atoms with Crippen molar-refractivity contribution in [2.75, 3.05) is 26.4 Å². The fraction of sp³-hybridized carbons (Fsp3) is 0.444. The van der Waals surface area contributed by atoms with Crippen molar-refractivity contribution in [1.29, 1.82) is 0 Å². The molecular formula is C45H52N2O21. The van der Waals surface area contributed by atoms with Gasteiger partial charge in [-0.15, -0.1) is 0 Å². The zero-order valence-electron chi connectivity index (χ0n) is 36.7. The van der Waals surface area contributed by atoms with Gasteiger partial charge in [0.25, 0.3) is 11.8 Å². The van der Waals surface area contributed by atoms with Crippen molar-refractivity contribution in [3.05, 3.63) is 70.8 Å². The normalized spacial score (nSPS) is 24.2. The summed E-state index contributed by atoms with van der Waals surface area (Å²) < 4.78 is 21.6. The fourth-order valence-electron chi connectivity index (χ4n) is 7.42. The van der Waals surface area contributed by atoms with Gasteiger partial charge in [0.1, 0.15) is 50.0 Å². The molecule has 9 atom stereocenters. The Balaban J connectivity index is 1.42. The van der Waals surface area contributed by atoms with Crippen LogP contribution in [-0.4, -0.2) is 155 Å². The number of rotatable bonds is 13. The Hall–Kier alpha value is -7.05. The highest BCUT2D eigenvalue weighted by molar-refractivity contribution is 6.02. The Morgan fingerprint density at radius 1 is 0.662 bits per heavy atom. The molecular weight excluding hydrogens is 904 g/mol. The van der Waals surface area contributed by atoms with Crippen LogP contribution in [0.1, 0.15) is 82.8 Å². The van der Waals surface area contributed by atoms with E-state index in [-0.39, 0.29) is 24.2 Å². The molecule has 68 heavy (non-hydrogen) atoms. The van der Waals surface area contributed by atoms with Crippen molar-refractivity contribution in [2.24, 2.45) is 17.3 Å². The van der Waals surface area contributed by atoms with Crippen LogP contribution in [0.2, 0.25) is 0 Å². The standard InChI is InChI=1S/C45H52N2O21/c1-45(2,3)24(15-48)27(49)10-11-32-36(57)37(58)38(59)39(68-32)19-12-23(35(56)31(53)13-19)41(61)47-26-18-67-44(64)25(46-40(60)22-7-5-9-29(51)34(22)55)17-66-42(62)20(16-65-43(26)63)14-30(52)21-6-4-8-28(50)33(21)54/h4-9,12-13,20,24-26,32,36-39,48,50-51,53-59H,10-11,14-18H2,1-3H3,(H,46,60)(H,47,61)/t20-,24?,25-,26-,32?,36?,37?,38?,39?/m0/s1. The number of phenols is 6. The number of ether oxygens (including phenoxy) is 4. The van der Waals surface area contributed by atoms with Gasteiger partial charge in [-0.1, -0.05) is 32.9 Å². The molecule has 2 aliphatic rings. The molecule has 6 unspecified atom stereocenters. The topological polar surface area (TPSA) is 383 Å². The highest BCUT2D eigenvalue weighted by atomic mass is 16.6. The van der Waals surface area contributed by atoms with E-state index in [0.29, 0.717) is 0 Å². The van der Waals surface area contributed by atoms with Crippen molar-refractivity contribution >= 4 is 41.3 Å². The molecule has 0 aliphatic carbocycles. The van der Waals surface area contributed by atoms with Gasteiger partial charge in [-0.25, -0.2) is 9.59 Å². The van der Waals surface area contributed by atoms with Gasteiger partial charge in [0, 0.05) is 18.8 Å². The Labute approximate surface area is 386 Å². The largest absolute Gasteiger partial charge is 0.504 e. The summed E-state index contributed by atoms with van der Waals surface area (Å²) >= 11 is 0. The van der Waals surface area contributed by atoms with Gasteiger partial charge in [0.2, 0.25) is 0 Å². The average Bonchev–Trinajstić information content (AvgIpc) is 3.28. The van der Waals surface area contributed by atoms with Crippen LogP contribution >= 0.6 is 0 Å². The van der Waals surface area contributed by atoms with Crippen LogP contribution < -0.4 is 10.6 Å². The quantitative estimate of drug-likeness (QED) is 0.0460. The van der Waals surface area contributed by atoms with Gasteiger partial charge in [0.15, 0.2) is 52.4 Å². The first-order valence-electron chi connectivity index (χ1n) is 21.0. The first-order chi connectivity index (χ1) is 31.9. The number of aliphatic hydroxyl groups is 4. The summed E-state index contributed by atoms with van der Waals surface area (Å²) in [5.41, 5.74) is -2.69. The number of ketones is 2. The Morgan fingerprint density at radius 3 is 1.75 bits per heavy atom. The number of esters is 3. The number of Topliss-reactive ketones (excluding diaryl/α,β-unsaturated/α-hetero) is 2. The molecule has 368 valence electrons. The van der Waals surface area contributed by atoms with Crippen LogP contribution in [0.15, 0.2) is 48.5 Å². The van der Waals surface area contributed by atoms with Crippen LogP contribution in [0, 0.1) is 17.3 Å². The lowest BCUT2D eigenvalue weighted by molar-refractivity contribution is -0.226. The maximum absolute atomic E-state index is 13.9. The maximum Gasteiger partial charge on any atom is 0.332 e. The van der Waals surface area contributed by atoms with E-state index in [1.807, 2.05) is 0 Å². The highest BCUT2D eigenvalue weighted by Crippen LogP contribution is 2.40. The summed E-state index contributed by atoms with van der Waals surface area (Å²) in [6.45, 7) is 1.70. The highest BCUT2D eigenvalue weighted by Gasteiger charge is 2.45. The summed E-state index contributed by atoms with van der Waals surface area (Å²) in [4.78, 5) is 93.9. The predicted octanol–water partition coefficient (Wildman–Crippen LogP) is -0.124. The van der Waals surface area contributed by atoms with E-state index < -0.39 is 179 Å². The molecule has 3 aromatic rings. The molecule has 2 saturated heterocycles. The Morgan fingerprint density at radius 2 is 1.18 bits per heavy atom. The molecule has 0 aromatic heterocycles. The maximum atomic E-state index is 13.9. The zero-order valence-corrected chi connectivity index (χ0v) is 36.7. The third kappa shape index (κ3) is 11.9. The zero-order chi connectivity index (χ0) is 50.4. The number of carbonyl (C=O) groups is 7. The minimum Gasteiger partial charge on any atom is -0.504 e. The monoisotopic (exact) mass is 956 g/mol. The van der Waals surface area contributed by atoms with Crippen LogP contribution in [0.4, 0.5) is 0 Å². The number of aliphatic hydroxyl groups excluding tert-OH is 4. The van der Waals surface area contributed by atoms with Gasteiger partial charge >= 0.3 is 17.9 Å². The summed E-state index contributed by atoms with van der Waals surface area (Å²) in [5, 5.41) is 109. The van der Waals surface area contributed by atoms with Gasteiger partial charge in [-0.05, 0) is 53.8 Å². The number of para-hydroxylation sites is 2. The van der Waals surface area contributed by atoms with E-state index >= 15 is 0 Å². The van der Waals surface area contributed by atoms with E-state index in [0.717, 1.165) is 36.4 Å². The fourth-order valence-corrected chi connectivity index (χ4v) is 7.42. The van der Waals surface area contributed by atoms with Crippen molar-refractivity contribution in [1.82, 2.24) is 10.6 Å². The van der Waals surface area contributed by atoms with Crippen LogP contribution in [0.25, 0.3) is 0 Å². The van der Waals surface area contributed by atoms with Gasteiger partial charge in [0.05, 0.1) is 35.3 Å². The number of nitrogens with one attached hydrogen (secondary N) is 2.